The van der Waals surface area contributed by atoms with E-state index in [9.17, 15) is 9.59 Å². The molecule has 0 fully saturated rings. The van der Waals surface area contributed by atoms with Gasteiger partial charge in [0, 0.05) is 0 Å². The van der Waals surface area contributed by atoms with E-state index in [0.29, 0.717) is 0 Å². The van der Waals surface area contributed by atoms with Crippen molar-refractivity contribution >= 4 is 12.0 Å². The summed E-state index contributed by atoms with van der Waals surface area (Å²) in [7, 11) is 0. The van der Waals surface area contributed by atoms with Gasteiger partial charge < -0.3 is 4.74 Å². The highest BCUT2D eigenvalue weighted by Crippen LogP contribution is 2.06. The maximum atomic E-state index is 10.9. The highest BCUT2D eigenvalue weighted by atomic mass is 16.6. The van der Waals surface area contributed by atoms with E-state index in [1.54, 1.807) is 26.8 Å². The zero-order valence-electron chi connectivity index (χ0n) is 7.88. The largest absolute Gasteiger partial charge is 0.444 e. The summed E-state index contributed by atoms with van der Waals surface area (Å²) in [5.74, 6) is -0.656. The molecule has 0 aromatic rings. The highest BCUT2D eigenvalue weighted by Gasteiger charge is 2.17. The first-order valence-corrected chi connectivity index (χ1v) is 3.75. The zero-order valence-corrected chi connectivity index (χ0v) is 7.88. The first-order chi connectivity index (χ1) is 5.85. The van der Waals surface area contributed by atoms with Crippen molar-refractivity contribution in [3.05, 3.63) is 0 Å². The molecule has 5 heteroatoms. The van der Waals surface area contributed by atoms with Crippen molar-refractivity contribution < 1.29 is 14.3 Å². The van der Waals surface area contributed by atoms with Gasteiger partial charge in [0.2, 0.25) is 5.91 Å². The summed E-state index contributed by atoms with van der Waals surface area (Å²) in [4.78, 5) is 21.6. The van der Waals surface area contributed by atoms with Gasteiger partial charge in [-0.15, -0.1) is 0 Å². The number of nitrogens with one attached hydrogen (secondary N) is 1. The van der Waals surface area contributed by atoms with Crippen LogP contribution in [-0.4, -0.2) is 17.6 Å². The molecule has 0 saturated carbocycles. The van der Waals surface area contributed by atoms with Crippen molar-refractivity contribution in [1.82, 2.24) is 5.32 Å². The molecule has 0 aliphatic heterocycles. The van der Waals surface area contributed by atoms with Crippen molar-refractivity contribution in [2.24, 2.45) is 0 Å². The van der Waals surface area contributed by atoms with Gasteiger partial charge in [0.05, 0.1) is 6.07 Å². The fraction of sp³-hybridized carbons (Fsp3) is 0.625. The molecular weight excluding hydrogens is 172 g/mol. The van der Waals surface area contributed by atoms with E-state index < -0.39 is 17.6 Å². The molecule has 0 aromatic carbocycles. The number of carbonyl (C=O) groups is 2. The number of nitrogens with zero attached hydrogens (tertiary/aromatic N) is 1. The van der Waals surface area contributed by atoms with Crippen LogP contribution >= 0.6 is 0 Å². The average molecular weight is 184 g/mol. The lowest BCUT2D eigenvalue weighted by Gasteiger charge is -2.18. The number of hydrogen-bond acceptors (Lipinski definition) is 4. The first kappa shape index (κ1) is 11.4. The van der Waals surface area contributed by atoms with Crippen molar-refractivity contribution in [2.45, 2.75) is 32.8 Å². The Balaban J connectivity index is 3.90. The van der Waals surface area contributed by atoms with Gasteiger partial charge in [0.1, 0.15) is 12.0 Å². The number of ether oxygens (including phenoxy) is 1. The first-order valence-electron chi connectivity index (χ1n) is 3.75. The Morgan fingerprint density at radius 3 is 2.38 bits per heavy atom. The monoisotopic (exact) mass is 184 g/mol. The third kappa shape index (κ3) is 6.81. The topological polar surface area (TPSA) is 79.2 Å². The molecule has 13 heavy (non-hydrogen) atoms. The van der Waals surface area contributed by atoms with Gasteiger partial charge >= 0.3 is 6.09 Å². The smallest absolute Gasteiger partial charge is 0.414 e. The van der Waals surface area contributed by atoms with Crippen molar-refractivity contribution in [2.75, 3.05) is 0 Å². The fourth-order valence-electron chi connectivity index (χ4n) is 0.533. The van der Waals surface area contributed by atoms with Gasteiger partial charge in [-0.2, -0.15) is 5.26 Å². The molecule has 0 heterocycles. The molecule has 2 amide bonds. The second-order valence-corrected chi connectivity index (χ2v) is 3.38. The SMILES string of the molecule is CC(C)(C)OC(=O)NC(=O)CC#N. The predicted octanol–water partition coefficient (Wildman–Crippen LogP) is 0.951. The third-order valence-electron chi connectivity index (χ3n) is 0.880. The Labute approximate surface area is 76.7 Å². The normalized spacial score (nSPS) is 10.0. The van der Waals surface area contributed by atoms with E-state index in [-0.39, 0.29) is 6.42 Å². The van der Waals surface area contributed by atoms with Crippen LogP contribution in [-0.2, 0) is 9.53 Å². The molecule has 0 unspecified atom stereocenters. The van der Waals surface area contributed by atoms with Crippen LogP contribution in [0.25, 0.3) is 0 Å². The van der Waals surface area contributed by atoms with E-state index in [2.05, 4.69) is 0 Å². The number of amides is 2. The standard InChI is InChI=1S/C8H12N2O3/c1-8(2,3)13-7(12)10-6(11)4-5-9/h4H2,1-3H3,(H,10,11,12). The van der Waals surface area contributed by atoms with Crippen LogP contribution in [0.15, 0.2) is 0 Å². The van der Waals surface area contributed by atoms with Gasteiger partial charge in [-0.1, -0.05) is 0 Å². The van der Waals surface area contributed by atoms with Crippen LogP contribution in [0.4, 0.5) is 4.79 Å². The highest BCUT2D eigenvalue weighted by molar-refractivity contribution is 5.92. The molecule has 0 spiro atoms. The van der Waals surface area contributed by atoms with Crippen LogP contribution in [0, 0.1) is 11.3 Å². The predicted molar refractivity (Wildman–Crippen MR) is 44.6 cm³/mol. The second-order valence-electron chi connectivity index (χ2n) is 3.38. The van der Waals surface area contributed by atoms with Crippen molar-refractivity contribution in [1.29, 1.82) is 5.26 Å². The van der Waals surface area contributed by atoms with Gasteiger partial charge in [-0.05, 0) is 20.8 Å². The number of alkyl carbamates (subject to hydrolysis) is 1. The van der Waals surface area contributed by atoms with Crippen molar-refractivity contribution in [3.63, 3.8) is 0 Å². The number of hydrogen-bond donors (Lipinski definition) is 1. The number of imide groups is 1. The van der Waals surface area contributed by atoms with Gasteiger partial charge in [-0.25, -0.2) is 4.79 Å². The minimum absolute atomic E-state index is 0.348. The molecule has 1 N–H and O–H groups in total. The number of nitriles is 1. The lowest BCUT2D eigenvalue weighted by molar-refractivity contribution is -0.119. The summed E-state index contributed by atoms with van der Waals surface area (Å²) in [5, 5.41) is 10.0. The number of rotatable bonds is 1. The van der Waals surface area contributed by atoms with E-state index in [1.807, 2.05) is 5.32 Å². The van der Waals surface area contributed by atoms with E-state index in [4.69, 9.17) is 10.00 Å². The molecule has 0 rings (SSSR count). The number of carbonyl (C=O) groups excluding carboxylic acids is 2. The minimum Gasteiger partial charge on any atom is -0.444 e. The van der Waals surface area contributed by atoms with Gasteiger partial charge in [0.25, 0.3) is 0 Å². The average Bonchev–Trinajstić information content (AvgIpc) is 1.81. The lowest BCUT2D eigenvalue weighted by atomic mass is 10.2. The molecule has 72 valence electrons. The van der Waals surface area contributed by atoms with E-state index in [1.165, 1.54) is 0 Å². The Morgan fingerprint density at radius 1 is 1.46 bits per heavy atom. The van der Waals surface area contributed by atoms with E-state index in [0.717, 1.165) is 0 Å². The summed E-state index contributed by atoms with van der Waals surface area (Å²) in [6.45, 7) is 5.05. The molecule has 0 bridgehead atoms. The Morgan fingerprint density at radius 2 is 2.00 bits per heavy atom. The lowest BCUT2D eigenvalue weighted by Crippen LogP contribution is -2.36. The maximum Gasteiger partial charge on any atom is 0.414 e. The summed E-state index contributed by atoms with van der Waals surface area (Å²) in [5.41, 5.74) is -0.642. The van der Waals surface area contributed by atoms with Crippen LogP contribution in [0.2, 0.25) is 0 Å². The fourth-order valence-corrected chi connectivity index (χ4v) is 0.533. The Kier molecular flexibility index (Phi) is 3.92. The molecule has 0 radical (unpaired) electrons. The molecule has 0 aliphatic carbocycles. The molecule has 5 nitrogen and oxygen atoms in total. The van der Waals surface area contributed by atoms with Gasteiger partial charge in [-0.3, -0.25) is 10.1 Å². The zero-order chi connectivity index (χ0) is 10.5. The molecular formula is C8H12N2O3. The summed E-state index contributed by atoms with van der Waals surface area (Å²) in [6, 6.07) is 1.62. The van der Waals surface area contributed by atoms with Crippen molar-refractivity contribution in [3.8, 4) is 6.07 Å². The van der Waals surface area contributed by atoms with Crippen LogP contribution in [0.1, 0.15) is 27.2 Å². The Bertz CT molecular complexity index is 247. The van der Waals surface area contributed by atoms with Gasteiger partial charge in [0.15, 0.2) is 0 Å². The Hall–Kier alpha value is -1.57. The minimum atomic E-state index is -0.826. The summed E-state index contributed by atoms with van der Waals surface area (Å²) in [6.07, 6.45) is -1.17. The van der Waals surface area contributed by atoms with Crippen LogP contribution < -0.4 is 5.32 Å². The molecule has 0 atom stereocenters. The second kappa shape index (κ2) is 4.45. The summed E-state index contributed by atoms with van der Waals surface area (Å²) >= 11 is 0. The quantitative estimate of drug-likeness (QED) is 0.658. The van der Waals surface area contributed by atoms with Crippen LogP contribution in [0.3, 0.4) is 0 Å². The van der Waals surface area contributed by atoms with E-state index >= 15 is 0 Å². The van der Waals surface area contributed by atoms with Crippen LogP contribution in [0.5, 0.6) is 0 Å². The third-order valence-corrected chi connectivity index (χ3v) is 0.880. The molecule has 0 aliphatic rings. The molecule has 0 saturated heterocycles. The molecule has 0 aromatic heterocycles. The summed E-state index contributed by atoms with van der Waals surface area (Å²) < 4.78 is 4.77. The maximum absolute atomic E-state index is 10.9.